The van der Waals surface area contributed by atoms with Crippen LogP contribution in [0.5, 0.6) is 0 Å². The summed E-state index contributed by atoms with van der Waals surface area (Å²) in [6.07, 6.45) is 9.69. The first-order valence-electron chi connectivity index (χ1n) is 9.53. The van der Waals surface area contributed by atoms with Crippen LogP contribution in [0.25, 0.3) is 0 Å². The van der Waals surface area contributed by atoms with E-state index in [9.17, 15) is 4.79 Å². The van der Waals surface area contributed by atoms with Gasteiger partial charge in [-0.1, -0.05) is 6.42 Å². The number of nitrogens with zero attached hydrogens (tertiary/aromatic N) is 5. The van der Waals surface area contributed by atoms with Crippen molar-refractivity contribution in [1.29, 1.82) is 0 Å². The van der Waals surface area contributed by atoms with Crippen molar-refractivity contribution in [3.63, 3.8) is 0 Å². The zero-order valence-corrected chi connectivity index (χ0v) is 15.2. The van der Waals surface area contributed by atoms with E-state index >= 15 is 0 Å². The maximum Gasteiger partial charge on any atom is 0.272 e. The van der Waals surface area contributed by atoms with Crippen molar-refractivity contribution >= 4 is 5.91 Å². The molecule has 1 saturated carbocycles. The quantitative estimate of drug-likeness (QED) is 0.858. The summed E-state index contributed by atoms with van der Waals surface area (Å²) in [7, 11) is 0. The van der Waals surface area contributed by atoms with Crippen LogP contribution in [0.3, 0.4) is 0 Å². The maximum atomic E-state index is 13.0. The summed E-state index contributed by atoms with van der Waals surface area (Å²) < 4.78 is 4.20. The number of amides is 1. The Balaban J connectivity index is 1.55. The van der Waals surface area contributed by atoms with Gasteiger partial charge >= 0.3 is 0 Å². The first kappa shape index (κ1) is 16.4. The van der Waals surface area contributed by atoms with Gasteiger partial charge in [0, 0.05) is 43.6 Å². The Morgan fingerprint density at radius 3 is 2.84 bits per heavy atom. The molecule has 2 aliphatic rings. The SMILES string of the molecule is CCn1nccc1C(=O)N1CCCC(n2c(C)cnc2C2CCC2)C1. The van der Waals surface area contributed by atoms with E-state index in [4.69, 9.17) is 4.98 Å². The molecule has 0 spiro atoms. The number of piperidine rings is 1. The molecule has 0 radical (unpaired) electrons. The molecule has 1 unspecified atom stereocenters. The number of aryl methyl sites for hydroxylation is 2. The van der Waals surface area contributed by atoms with Crippen LogP contribution in [0.15, 0.2) is 18.5 Å². The molecule has 3 heterocycles. The Kier molecular flexibility index (Phi) is 4.36. The van der Waals surface area contributed by atoms with Gasteiger partial charge in [-0.15, -0.1) is 0 Å². The number of imidazole rings is 1. The molecule has 1 amide bonds. The Labute approximate surface area is 148 Å². The summed E-state index contributed by atoms with van der Waals surface area (Å²) in [5, 5.41) is 4.24. The fourth-order valence-electron chi connectivity index (χ4n) is 4.19. The van der Waals surface area contributed by atoms with Gasteiger partial charge in [-0.05, 0) is 45.6 Å². The van der Waals surface area contributed by atoms with Crippen LogP contribution in [-0.2, 0) is 6.54 Å². The predicted octanol–water partition coefficient (Wildman–Crippen LogP) is 3.15. The highest BCUT2D eigenvalue weighted by atomic mass is 16.2. The molecular weight excluding hydrogens is 314 g/mol. The Morgan fingerprint density at radius 1 is 1.28 bits per heavy atom. The lowest BCUT2D eigenvalue weighted by molar-refractivity contribution is 0.0662. The number of rotatable bonds is 4. The van der Waals surface area contributed by atoms with Gasteiger partial charge in [0.1, 0.15) is 11.5 Å². The summed E-state index contributed by atoms with van der Waals surface area (Å²) in [5.74, 6) is 1.95. The molecule has 0 bridgehead atoms. The smallest absolute Gasteiger partial charge is 0.272 e. The van der Waals surface area contributed by atoms with E-state index in [1.54, 1.807) is 10.9 Å². The molecule has 1 saturated heterocycles. The second-order valence-corrected chi connectivity index (χ2v) is 7.34. The minimum absolute atomic E-state index is 0.104. The predicted molar refractivity (Wildman–Crippen MR) is 95.6 cm³/mol. The third-order valence-corrected chi connectivity index (χ3v) is 5.76. The molecule has 2 aromatic heterocycles. The van der Waals surface area contributed by atoms with E-state index in [-0.39, 0.29) is 5.91 Å². The van der Waals surface area contributed by atoms with Crippen LogP contribution in [0.1, 0.15) is 73.0 Å². The first-order valence-corrected chi connectivity index (χ1v) is 9.53. The van der Waals surface area contributed by atoms with E-state index in [0.717, 1.165) is 32.5 Å². The van der Waals surface area contributed by atoms with Crippen LogP contribution in [0.2, 0.25) is 0 Å². The molecule has 1 aliphatic heterocycles. The molecule has 25 heavy (non-hydrogen) atoms. The van der Waals surface area contributed by atoms with Gasteiger partial charge in [0.25, 0.3) is 5.91 Å². The Bertz CT molecular complexity index is 758. The molecule has 0 aromatic carbocycles. The highest BCUT2D eigenvalue weighted by Crippen LogP contribution is 2.38. The molecule has 6 nitrogen and oxygen atoms in total. The molecule has 2 aromatic rings. The van der Waals surface area contributed by atoms with E-state index in [1.165, 1.54) is 30.8 Å². The van der Waals surface area contributed by atoms with Crippen LogP contribution >= 0.6 is 0 Å². The van der Waals surface area contributed by atoms with Crippen molar-refractivity contribution in [1.82, 2.24) is 24.2 Å². The number of carbonyl (C=O) groups is 1. The van der Waals surface area contributed by atoms with Gasteiger partial charge in [0.05, 0.1) is 6.04 Å². The molecule has 6 heteroatoms. The van der Waals surface area contributed by atoms with E-state index in [1.807, 2.05) is 24.1 Å². The van der Waals surface area contributed by atoms with Crippen molar-refractivity contribution in [2.45, 2.75) is 64.5 Å². The first-order chi connectivity index (χ1) is 12.2. The van der Waals surface area contributed by atoms with Crippen LogP contribution in [0.4, 0.5) is 0 Å². The molecule has 0 N–H and O–H groups in total. The third-order valence-electron chi connectivity index (χ3n) is 5.76. The second kappa shape index (κ2) is 6.65. The zero-order chi connectivity index (χ0) is 17.4. The van der Waals surface area contributed by atoms with Gasteiger partial charge in [0.15, 0.2) is 0 Å². The summed E-state index contributed by atoms with van der Waals surface area (Å²) in [4.78, 5) is 19.7. The fourth-order valence-corrected chi connectivity index (χ4v) is 4.19. The summed E-state index contributed by atoms with van der Waals surface area (Å²) in [5.41, 5.74) is 1.92. The summed E-state index contributed by atoms with van der Waals surface area (Å²) >= 11 is 0. The maximum absolute atomic E-state index is 13.0. The normalized spacial score (nSPS) is 21.4. The molecule has 1 aliphatic carbocycles. The van der Waals surface area contributed by atoms with Gasteiger partial charge in [0.2, 0.25) is 0 Å². The molecule has 134 valence electrons. The third kappa shape index (κ3) is 2.87. The topological polar surface area (TPSA) is 56.0 Å². The monoisotopic (exact) mass is 341 g/mol. The lowest BCUT2D eigenvalue weighted by Gasteiger charge is -2.36. The standard InChI is InChI=1S/C19H27N5O/c1-3-23-17(9-10-21-23)19(25)22-11-5-8-16(13-22)24-14(2)12-20-18(24)15-6-4-7-15/h9-10,12,15-16H,3-8,11,13H2,1-2H3. The zero-order valence-electron chi connectivity index (χ0n) is 15.2. The van der Waals surface area contributed by atoms with E-state index < -0.39 is 0 Å². The van der Waals surface area contributed by atoms with Crippen molar-refractivity contribution < 1.29 is 4.79 Å². The highest BCUT2D eigenvalue weighted by molar-refractivity contribution is 5.92. The van der Waals surface area contributed by atoms with E-state index in [0.29, 0.717) is 17.7 Å². The number of aromatic nitrogens is 4. The largest absolute Gasteiger partial charge is 0.335 e. The van der Waals surface area contributed by atoms with Crippen LogP contribution in [-0.4, -0.2) is 43.2 Å². The van der Waals surface area contributed by atoms with Crippen molar-refractivity contribution in [3.05, 3.63) is 35.7 Å². The van der Waals surface area contributed by atoms with Crippen LogP contribution in [0, 0.1) is 6.92 Å². The van der Waals surface area contributed by atoms with Crippen molar-refractivity contribution in [2.24, 2.45) is 0 Å². The van der Waals surface area contributed by atoms with Gasteiger partial charge < -0.3 is 9.47 Å². The second-order valence-electron chi connectivity index (χ2n) is 7.34. The van der Waals surface area contributed by atoms with Crippen molar-refractivity contribution in [2.75, 3.05) is 13.1 Å². The minimum atomic E-state index is 0.104. The molecular formula is C19H27N5O. The summed E-state index contributed by atoms with van der Waals surface area (Å²) in [6, 6.07) is 2.17. The lowest BCUT2D eigenvalue weighted by Crippen LogP contribution is -2.42. The average molecular weight is 341 g/mol. The Hall–Kier alpha value is -2.11. The average Bonchev–Trinajstić information content (AvgIpc) is 3.19. The molecule has 1 atom stereocenters. The number of hydrogen-bond donors (Lipinski definition) is 0. The minimum Gasteiger partial charge on any atom is -0.335 e. The Morgan fingerprint density at radius 2 is 2.12 bits per heavy atom. The van der Waals surface area contributed by atoms with Crippen LogP contribution < -0.4 is 0 Å². The lowest BCUT2D eigenvalue weighted by atomic mass is 9.84. The summed E-state index contributed by atoms with van der Waals surface area (Å²) in [6.45, 7) is 6.48. The number of hydrogen-bond acceptors (Lipinski definition) is 3. The highest BCUT2D eigenvalue weighted by Gasteiger charge is 2.32. The number of likely N-dealkylation sites (tertiary alicyclic amines) is 1. The van der Waals surface area contributed by atoms with Gasteiger partial charge in [-0.3, -0.25) is 9.48 Å². The fraction of sp³-hybridized carbons (Fsp3) is 0.632. The molecule has 2 fully saturated rings. The molecule has 4 rings (SSSR count). The van der Waals surface area contributed by atoms with Gasteiger partial charge in [-0.25, -0.2) is 4.98 Å². The number of carbonyl (C=O) groups excluding carboxylic acids is 1. The van der Waals surface area contributed by atoms with Gasteiger partial charge in [-0.2, -0.15) is 5.10 Å². The van der Waals surface area contributed by atoms with E-state index in [2.05, 4.69) is 16.6 Å². The van der Waals surface area contributed by atoms with Crippen molar-refractivity contribution in [3.8, 4) is 0 Å².